The second-order valence-corrected chi connectivity index (χ2v) is 5.89. The summed E-state index contributed by atoms with van der Waals surface area (Å²) in [4.78, 5) is 15.4. The minimum absolute atomic E-state index is 0.0153. The molecule has 0 radical (unpaired) electrons. The molecule has 18 heavy (non-hydrogen) atoms. The largest absolute Gasteiger partial charge is 0.375 e. The summed E-state index contributed by atoms with van der Waals surface area (Å²) in [6.45, 7) is 0. The predicted molar refractivity (Wildman–Crippen MR) is 67.6 cm³/mol. The topological polar surface area (TPSA) is 102 Å². The van der Waals surface area contributed by atoms with Gasteiger partial charge in [0, 0.05) is 5.38 Å². The van der Waals surface area contributed by atoms with Gasteiger partial charge in [-0.15, -0.1) is 11.3 Å². The third kappa shape index (κ3) is 2.66. The van der Waals surface area contributed by atoms with Crippen molar-refractivity contribution in [3.8, 4) is 0 Å². The van der Waals surface area contributed by atoms with Gasteiger partial charge in [0.25, 0.3) is 15.9 Å². The highest BCUT2D eigenvalue weighted by Crippen LogP contribution is 2.12. The number of nitrogens with two attached hydrogens (primary N) is 1. The lowest BCUT2D eigenvalue weighted by molar-refractivity contribution is 0.0977. The van der Waals surface area contributed by atoms with Gasteiger partial charge >= 0.3 is 0 Å². The highest BCUT2D eigenvalue weighted by atomic mass is 32.2. The number of hydrogen-bond acceptors (Lipinski definition) is 6. The Kier molecular flexibility index (Phi) is 3.30. The summed E-state index contributed by atoms with van der Waals surface area (Å²) < 4.78 is 25.6. The first-order valence-corrected chi connectivity index (χ1v) is 7.18. The van der Waals surface area contributed by atoms with Crippen molar-refractivity contribution in [3.63, 3.8) is 0 Å². The van der Waals surface area contributed by atoms with Crippen LogP contribution in [0.3, 0.4) is 0 Å². The number of anilines is 1. The van der Waals surface area contributed by atoms with Gasteiger partial charge in [0.15, 0.2) is 5.13 Å². The number of hydrogen-bond donors (Lipinski definition) is 2. The predicted octanol–water partition coefficient (Wildman–Crippen LogP) is 0.844. The Morgan fingerprint density at radius 1 is 1.28 bits per heavy atom. The molecule has 1 aromatic carbocycles. The SMILES string of the molecule is Nc1nc(C(=O)NS(=O)(=O)c2ccccc2)cs1. The van der Waals surface area contributed by atoms with Crippen LogP contribution in [0.1, 0.15) is 10.5 Å². The van der Waals surface area contributed by atoms with E-state index in [1.54, 1.807) is 18.2 Å². The minimum atomic E-state index is -3.87. The molecule has 0 spiro atoms. The Balaban J connectivity index is 2.22. The molecule has 0 atom stereocenters. The molecule has 0 aliphatic rings. The van der Waals surface area contributed by atoms with E-state index < -0.39 is 15.9 Å². The molecule has 6 nitrogen and oxygen atoms in total. The zero-order chi connectivity index (χ0) is 13.2. The Bertz CT molecular complexity index is 665. The number of thiazole rings is 1. The number of benzene rings is 1. The standard InChI is InChI=1S/C10H9N3O3S2/c11-10-12-8(6-17-10)9(14)13-18(15,16)7-4-2-1-3-5-7/h1-6H,(H2,11,12)(H,13,14). The van der Waals surface area contributed by atoms with Crippen molar-refractivity contribution in [1.29, 1.82) is 0 Å². The van der Waals surface area contributed by atoms with Crippen LogP contribution in [0.4, 0.5) is 5.13 Å². The number of nitrogen functional groups attached to an aromatic ring is 1. The van der Waals surface area contributed by atoms with E-state index in [4.69, 9.17) is 5.73 Å². The van der Waals surface area contributed by atoms with Crippen LogP contribution >= 0.6 is 11.3 Å². The van der Waals surface area contributed by atoms with E-state index in [0.29, 0.717) is 0 Å². The maximum absolute atomic E-state index is 11.8. The highest BCUT2D eigenvalue weighted by Gasteiger charge is 2.19. The summed E-state index contributed by atoms with van der Waals surface area (Å²) in [6, 6.07) is 7.61. The van der Waals surface area contributed by atoms with Crippen LogP contribution in [0.2, 0.25) is 0 Å². The molecule has 1 heterocycles. The summed E-state index contributed by atoms with van der Waals surface area (Å²) in [6.07, 6.45) is 0. The molecule has 3 N–H and O–H groups in total. The molecule has 0 aliphatic heterocycles. The van der Waals surface area contributed by atoms with Gasteiger partial charge in [-0.05, 0) is 12.1 Å². The van der Waals surface area contributed by atoms with Crippen molar-refractivity contribution in [2.45, 2.75) is 4.90 Å². The lowest BCUT2D eigenvalue weighted by Gasteiger charge is -2.04. The van der Waals surface area contributed by atoms with Crippen LogP contribution in [0.5, 0.6) is 0 Å². The molecule has 0 saturated heterocycles. The van der Waals surface area contributed by atoms with Crippen LogP contribution in [0.15, 0.2) is 40.6 Å². The van der Waals surface area contributed by atoms with E-state index in [0.717, 1.165) is 11.3 Å². The van der Waals surface area contributed by atoms with Crippen molar-refractivity contribution in [3.05, 3.63) is 41.4 Å². The van der Waals surface area contributed by atoms with E-state index in [-0.39, 0.29) is 15.7 Å². The third-order valence-corrected chi connectivity index (χ3v) is 4.06. The summed E-state index contributed by atoms with van der Waals surface area (Å²) in [5.41, 5.74) is 5.35. The van der Waals surface area contributed by atoms with Gasteiger partial charge in [0.2, 0.25) is 0 Å². The van der Waals surface area contributed by atoms with Gasteiger partial charge in [-0.2, -0.15) is 0 Å². The Morgan fingerprint density at radius 2 is 1.94 bits per heavy atom. The van der Waals surface area contributed by atoms with Gasteiger partial charge in [-0.1, -0.05) is 18.2 Å². The van der Waals surface area contributed by atoms with E-state index in [2.05, 4.69) is 4.98 Å². The van der Waals surface area contributed by atoms with E-state index >= 15 is 0 Å². The molecule has 1 aromatic heterocycles. The quantitative estimate of drug-likeness (QED) is 0.869. The number of amides is 1. The summed E-state index contributed by atoms with van der Waals surface area (Å²) in [5.74, 6) is -0.799. The van der Waals surface area contributed by atoms with Crippen molar-refractivity contribution >= 4 is 32.4 Å². The molecular weight excluding hydrogens is 274 g/mol. The van der Waals surface area contributed by atoms with E-state index in [9.17, 15) is 13.2 Å². The van der Waals surface area contributed by atoms with Gasteiger partial charge in [0.1, 0.15) is 5.69 Å². The molecule has 8 heteroatoms. The first kappa shape index (κ1) is 12.5. The summed E-state index contributed by atoms with van der Waals surface area (Å²) in [7, 11) is -3.87. The van der Waals surface area contributed by atoms with Crippen molar-refractivity contribution in [2.24, 2.45) is 0 Å². The average molecular weight is 283 g/mol. The van der Waals surface area contributed by atoms with E-state index in [1.165, 1.54) is 17.5 Å². The molecule has 0 aliphatic carbocycles. The fourth-order valence-electron chi connectivity index (χ4n) is 1.22. The van der Waals surface area contributed by atoms with Crippen LogP contribution in [-0.2, 0) is 10.0 Å². The fourth-order valence-corrected chi connectivity index (χ4v) is 2.75. The van der Waals surface area contributed by atoms with Crippen LogP contribution in [-0.4, -0.2) is 19.3 Å². The smallest absolute Gasteiger partial charge is 0.284 e. The molecule has 0 fully saturated rings. The second-order valence-electron chi connectivity index (χ2n) is 3.32. The lowest BCUT2D eigenvalue weighted by Crippen LogP contribution is -2.30. The average Bonchev–Trinajstić information content (AvgIpc) is 2.77. The zero-order valence-electron chi connectivity index (χ0n) is 9.03. The van der Waals surface area contributed by atoms with Crippen LogP contribution in [0.25, 0.3) is 0 Å². The van der Waals surface area contributed by atoms with Gasteiger partial charge in [-0.25, -0.2) is 18.1 Å². The van der Waals surface area contributed by atoms with Crippen molar-refractivity contribution in [2.75, 3.05) is 5.73 Å². The molecule has 2 aromatic rings. The zero-order valence-corrected chi connectivity index (χ0v) is 10.7. The molecule has 1 amide bonds. The van der Waals surface area contributed by atoms with Gasteiger partial charge in [-0.3, -0.25) is 4.79 Å². The normalized spacial score (nSPS) is 11.1. The van der Waals surface area contributed by atoms with Crippen LogP contribution < -0.4 is 10.5 Å². The maximum Gasteiger partial charge on any atom is 0.284 e. The number of rotatable bonds is 3. The molecule has 0 saturated carbocycles. The third-order valence-electron chi connectivity index (χ3n) is 2.04. The highest BCUT2D eigenvalue weighted by molar-refractivity contribution is 7.90. The van der Waals surface area contributed by atoms with E-state index in [1.807, 2.05) is 4.72 Å². The summed E-state index contributed by atoms with van der Waals surface area (Å²) >= 11 is 1.07. The molecular formula is C10H9N3O3S2. The Labute approximate surface area is 108 Å². The molecule has 2 rings (SSSR count). The number of nitrogens with zero attached hydrogens (tertiary/aromatic N) is 1. The maximum atomic E-state index is 11.8. The monoisotopic (exact) mass is 283 g/mol. The van der Waals surface area contributed by atoms with Crippen molar-refractivity contribution < 1.29 is 13.2 Å². The molecule has 0 bridgehead atoms. The first-order chi connectivity index (χ1) is 8.49. The summed E-state index contributed by atoms with van der Waals surface area (Å²) in [5, 5.41) is 1.60. The van der Waals surface area contributed by atoms with Gasteiger partial charge < -0.3 is 5.73 Å². The number of carbonyl (C=O) groups is 1. The number of nitrogens with one attached hydrogen (secondary N) is 1. The molecule has 0 unspecified atom stereocenters. The number of aromatic nitrogens is 1. The lowest BCUT2D eigenvalue weighted by atomic mass is 10.4. The van der Waals surface area contributed by atoms with Crippen LogP contribution in [0, 0.1) is 0 Å². The first-order valence-electron chi connectivity index (χ1n) is 4.82. The second kappa shape index (κ2) is 4.75. The van der Waals surface area contributed by atoms with Crippen molar-refractivity contribution in [1.82, 2.24) is 9.71 Å². The minimum Gasteiger partial charge on any atom is -0.375 e. The number of carbonyl (C=O) groups excluding carboxylic acids is 1. The fraction of sp³-hybridized carbons (Fsp3) is 0. The Morgan fingerprint density at radius 3 is 2.50 bits per heavy atom. The Hall–Kier alpha value is -1.93. The number of sulfonamides is 1. The van der Waals surface area contributed by atoms with Gasteiger partial charge in [0.05, 0.1) is 4.90 Å². The molecule has 94 valence electrons.